The van der Waals surface area contributed by atoms with Crippen LogP contribution >= 0.6 is 0 Å². The van der Waals surface area contributed by atoms with Gasteiger partial charge < -0.3 is 10.2 Å². The number of hydrogen-bond donors (Lipinski definition) is 1. The first-order valence-corrected chi connectivity index (χ1v) is 5.65. The molecule has 0 aliphatic heterocycles. The maximum absolute atomic E-state index is 5.63. The molecule has 0 atom stereocenters. The number of nitrogens with zero attached hydrogens (tertiary/aromatic N) is 1. The summed E-state index contributed by atoms with van der Waals surface area (Å²) < 4.78 is 5.33. The summed E-state index contributed by atoms with van der Waals surface area (Å²) in [6.45, 7) is 2.86. The van der Waals surface area contributed by atoms with Gasteiger partial charge in [-0.25, -0.2) is 0 Å². The summed E-state index contributed by atoms with van der Waals surface area (Å²) in [4.78, 5) is 2.33. The molecule has 0 bridgehead atoms. The second kappa shape index (κ2) is 4.37. The van der Waals surface area contributed by atoms with Crippen LogP contribution in [0, 0.1) is 5.41 Å². The minimum atomic E-state index is 0.524. The van der Waals surface area contributed by atoms with Crippen molar-refractivity contribution in [1.29, 1.82) is 0 Å². The van der Waals surface area contributed by atoms with Crippen LogP contribution in [0.2, 0.25) is 0 Å². The highest BCUT2D eigenvalue weighted by Gasteiger charge is 2.42. The molecule has 15 heavy (non-hydrogen) atoms. The molecule has 1 saturated carbocycles. The van der Waals surface area contributed by atoms with Crippen molar-refractivity contribution in [3.8, 4) is 0 Å². The second-order valence-electron chi connectivity index (χ2n) is 4.79. The van der Waals surface area contributed by atoms with Crippen molar-refractivity contribution in [2.24, 2.45) is 11.1 Å². The third-order valence-corrected chi connectivity index (χ3v) is 3.24. The Balaban J connectivity index is 1.80. The highest BCUT2D eigenvalue weighted by molar-refractivity contribution is 5.00. The SMILES string of the molecule is CN(Cc1ccco1)CC1(CCN)CC1. The fraction of sp³-hybridized carbons (Fsp3) is 0.667. The van der Waals surface area contributed by atoms with Crippen LogP contribution in [-0.2, 0) is 6.54 Å². The Morgan fingerprint density at radius 1 is 1.53 bits per heavy atom. The zero-order valence-corrected chi connectivity index (χ0v) is 9.41. The number of hydrogen-bond acceptors (Lipinski definition) is 3. The van der Waals surface area contributed by atoms with Gasteiger partial charge in [0.15, 0.2) is 0 Å². The molecule has 2 rings (SSSR count). The molecule has 0 radical (unpaired) electrons. The van der Waals surface area contributed by atoms with E-state index in [4.69, 9.17) is 10.2 Å². The summed E-state index contributed by atoms with van der Waals surface area (Å²) >= 11 is 0. The maximum atomic E-state index is 5.63. The van der Waals surface area contributed by atoms with Crippen LogP contribution in [-0.4, -0.2) is 25.0 Å². The first-order chi connectivity index (χ1) is 7.24. The van der Waals surface area contributed by atoms with Crippen LogP contribution in [0.3, 0.4) is 0 Å². The number of furan rings is 1. The largest absolute Gasteiger partial charge is 0.468 e. The minimum absolute atomic E-state index is 0.524. The van der Waals surface area contributed by atoms with Crippen molar-refractivity contribution in [3.05, 3.63) is 24.2 Å². The Kier molecular flexibility index (Phi) is 3.12. The topological polar surface area (TPSA) is 42.4 Å². The Bertz CT molecular complexity index is 291. The van der Waals surface area contributed by atoms with Crippen LogP contribution in [0.1, 0.15) is 25.0 Å². The molecule has 0 unspecified atom stereocenters. The van der Waals surface area contributed by atoms with E-state index in [0.29, 0.717) is 5.41 Å². The molecule has 84 valence electrons. The molecule has 0 aromatic carbocycles. The fourth-order valence-electron chi connectivity index (χ4n) is 2.27. The molecule has 1 aliphatic rings. The minimum Gasteiger partial charge on any atom is -0.468 e. The van der Waals surface area contributed by atoms with E-state index in [2.05, 4.69) is 11.9 Å². The summed E-state index contributed by atoms with van der Waals surface area (Å²) in [6, 6.07) is 3.97. The molecule has 3 nitrogen and oxygen atoms in total. The van der Waals surface area contributed by atoms with Gasteiger partial charge in [0.05, 0.1) is 12.8 Å². The van der Waals surface area contributed by atoms with E-state index in [-0.39, 0.29) is 0 Å². The summed E-state index contributed by atoms with van der Waals surface area (Å²) in [5, 5.41) is 0. The van der Waals surface area contributed by atoms with E-state index in [1.54, 1.807) is 6.26 Å². The van der Waals surface area contributed by atoms with Crippen LogP contribution in [0.5, 0.6) is 0 Å². The number of nitrogens with two attached hydrogens (primary N) is 1. The van der Waals surface area contributed by atoms with Crippen molar-refractivity contribution in [3.63, 3.8) is 0 Å². The van der Waals surface area contributed by atoms with E-state index >= 15 is 0 Å². The third-order valence-electron chi connectivity index (χ3n) is 3.24. The lowest BCUT2D eigenvalue weighted by atomic mass is 10.0. The van der Waals surface area contributed by atoms with E-state index in [1.165, 1.54) is 12.8 Å². The van der Waals surface area contributed by atoms with Gasteiger partial charge in [0.2, 0.25) is 0 Å². The first-order valence-electron chi connectivity index (χ1n) is 5.65. The van der Waals surface area contributed by atoms with Gasteiger partial charge in [-0.3, -0.25) is 4.90 Å². The molecule has 1 aromatic heterocycles. The molecule has 1 heterocycles. The van der Waals surface area contributed by atoms with Crippen LogP contribution in [0.4, 0.5) is 0 Å². The van der Waals surface area contributed by atoms with E-state index < -0.39 is 0 Å². The van der Waals surface area contributed by atoms with Crippen molar-refractivity contribution < 1.29 is 4.42 Å². The monoisotopic (exact) mass is 208 g/mol. The van der Waals surface area contributed by atoms with Crippen molar-refractivity contribution >= 4 is 0 Å². The lowest BCUT2D eigenvalue weighted by Gasteiger charge is -2.22. The molecule has 1 aliphatic carbocycles. The van der Waals surface area contributed by atoms with Gasteiger partial charge in [0, 0.05) is 6.54 Å². The molecular weight excluding hydrogens is 188 g/mol. The molecule has 1 aromatic rings. The molecule has 0 amide bonds. The first kappa shape index (κ1) is 10.7. The summed E-state index contributed by atoms with van der Waals surface area (Å²) in [7, 11) is 2.15. The molecular formula is C12H20N2O. The zero-order valence-electron chi connectivity index (χ0n) is 9.41. The standard InChI is InChI=1S/C12H20N2O/c1-14(9-11-3-2-8-15-11)10-12(4-5-12)6-7-13/h2-3,8H,4-7,9-10,13H2,1H3. The van der Waals surface area contributed by atoms with E-state index in [1.807, 2.05) is 12.1 Å². The Hall–Kier alpha value is -0.800. The van der Waals surface area contributed by atoms with Crippen LogP contribution in [0.15, 0.2) is 22.8 Å². The highest BCUT2D eigenvalue weighted by Crippen LogP contribution is 2.48. The van der Waals surface area contributed by atoms with Crippen molar-refractivity contribution in [2.75, 3.05) is 20.1 Å². The quantitative estimate of drug-likeness (QED) is 0.775. The van der Waals surface area contributed by atoms with E-state index in [9.17, 15) is 0 Å². The summed E-state index contributed by atoms with van der Waals surface area (Å²) in [5.41, 5.74) is 6.15. The van der Waals surface area contributed by atoms with Crippen LogP contribution in [0.25, 0.3) is 0 Å². The number of rotatable bonds is 6. The smallest absolute Gasteiger partial charge is 0.117 e. The van der Waals surface area contributed by atoms with Crippen molar-refractivity contribution in [2.45, 2.75) is 25.8 Å². The predicted molar refractivity (Wildman–Crippen MR) is 60.4 cm³/mol. The fourth-order valence-corrected chi connectivity index (χ4v) is 2.27. The van der Waals surface area contributed by atoms with Gasteiger partial charge in [0.25, 0.3) is 0 Å². The predicted octanol–water partition coefficient (Wildman–Crippen LogP) is 1.84. The summed E-state index contributed by atoms with van der Waals surface area (Å²) in [5.74, 6) is 1.04. The second-order valence-corrected chi connectivity index (χ2v) is 4.79. The molecule has 0 spiro atoms. The lowest BCUT2D eigenvalue weighted by molar-refractivity contribution is 0.232. The normalized spacial score (nSPS) is 18.3. The molecule has 2 N–H and O–H groups in total. The average Bonchev–Trinajstić information content (AvgIpc) is 2.75. The molecule has 1 fully saturated rings. The van der Waals surface area contributed by atoms with Gasteiger partial charge in [-0.15, -0.1) is 0 Å². The van der Waals surface area contributed by atoms with Gasteiger partial charge in [-0.05, 0) is 50.4 Å². The third kappa shape index (κ3) is 2.83. The Morgan fingerprint density at radius 2 is 2.33 bits per heavy atom. The van der Waals surface area contributed by atoms with Crippen molar-refractivity contribution in [1.82, 2.24) is 4.90 Å². The highest BCUT2D eigenvalue weighted by atomic mass is 16.3. The zero-order chi connectivity index (χ0) is 10.7. The van der Waals surface area contributed by atoms with E-state index in [0.717, 1.165) is 31.8 Å². The Labute approximate surface area is 91.2 Å². The summed E-state index contributed by atoms with van der Waals surface area (Å²) in [6.07, 6.45) is 5.57. The van der Waals surface area contributed by atoms with Gasteiger partial charge in [0.1, 0.15) is 5.76 Å². The van der Waals surface area contributed by atoms with Gasteiger partial charge in [-0.1, -0.05) is 0 Å². The molecule has 3 heteroatoms. The van der Waals surface area contributed by atoms with Gasteiger partial charge >= 0.3 is 0 Å². The Morgan fingerprint density at radius 3 is 2.87 bits per heavy atom. The van der Waals surface area contributed by atoms with Gasteiger partial charge in [-0.2, -0.15) is 0 Å². The lowest BCUT2D eigenvalue weighted by Crippen LogP contribution is -2.27. The van der Waals surface area contributed by atoms with Crippen LogP contribution < -0.4 is 5.73 Å². The maximum Gasteiger partial charge on any atom is 0.117 e. The average molecular weight is 208 g/mol. The molecule has 0 saturated heterocycles.